The van der Waals surface area contributed by atoms with E-state index in [1.165, 1.54) is 10.9 Å². The lowest BCUT2D eigenvalue weighted by molar-refractivity contribution is 0.132. The predicted octanol–water partition coefficient (Wildman–Crippen LogP) is 2.23. The van der Waals surface area contributed by atoms with E-state index >= 15 is 0 Å². The molecule has 1 aromatic carbocycles. The first-order valence-electron chi connectivity index (χ1n) is 6.35. The lowest BCUT2D eigenvalue weighted by Gasteiger charge is -2.17. The SMILES string of the molecule is COc1ccc(C2COCCCN2)c2cc[nH]c12. The van der Waals surface area contributed by atoms with Crippen molar-refractivity contribution in [1.29, 1.82) is 0 Å². The molecule has 2 aromatic rings. The van der Waals surface area contributed by atoms with E-state index in [-0.39, 0.29) is 6.04 Å². The standard InChI is InChI=1S/C14H18N2O2/c1-17-13-4-3-10(11-5-7-16-14(11)13)12-9-18-8-2-6-15-12/h3-5,7,12,15-16H,2,6,8-9H2,1H3. The summed E-state index contributed by atoms with van der Waals surface area (Å²) in [5.41, 5.74) is 2.33. The number of methoxy groups -OCH3 is 1. The molecule has 0 amide bonds. The van der Waals surface area contributed by atoms with Gasteiger partial charge in [0.05, 0.1) is 25.3 Å². The summed E-state index contributed by atoms with van der Waals surface area (Å²) in [6.07, 6.45) is 3.02. The van der Waals surface area contributed by atoms with Crippen LogP contribution in [-0.2, 0) is 4.74 Å². The highest BCUT2D eigenvalue weighted by atomic mass is 16.5. The van der Waals surface area contributed by atoms with E-state index in [0.29, 0.717) is 0 Å². The van der Waals surface area contributed by atoms with Crippen LogP contribution in [0.1, 0.15) is 18.0 Å². The fourth-order valence-corrected chi connectivity index (χ4v) is 2.54. The normalized spacial score (nSPS) is 20.8. The Hall–Kier alpha value is -1.52. The second-order valence-corrected chi connectivity index (χ2v) is 4.56. The number of aromatic nitrogens is 1. The van der Waals surface area contributed by atoms with E-state index in [1.54, 1.807) is 7.11 Å². The van der Waals surface area contributed by atoms with Crippen molar-refractivity contribution in [2.75, 3.05) is 26.9 Å². The molecule has 0 spiro atoms. The maximum atomic E-state index is 5.64. The number of rotatable bonds is 2. The molecule has 96 valence electrons. The predicted molar refractivity (Wildman–Crippen MR) is 71.0 cm³/mol. The lowest BCUT2D eigenvalue weighted by Crippen LogP contribution is -2.23. The Balaban J connectivity index is 2.03. The van der Waals surface area contributed by atoms with Gasteiger partial charge in [-0.1, -0.05) is 6.07 Å². The zero-order valence-corrected chi connectivity index (χ0v) is 10.5. The zero-order valence-electron chi connectivity index (χ0n) is 10.5. The Morgan fingerprint density at radius 3 is 3.17 bits per heavy atom. The first kappa shape index (κ1) is 11.6. The van der Waals surface area contributed by atoms with Gasteiger partial charge in [-0.15, -0.1) is 0 Å². The molecule has 3 rings (SSSR count). The number of hydrogen-bond acceptors (Lipinski definition) is 3. The van der Waals surface area contributed by atoms with Gasteiger partial charge in [-0.3, -0.25) is 0 Å². The molecule has 0 bridgehead atoms. The lowest BCUT2D eigenvalue weighted by atomic mass is 10.0. The molecule has 1 saturated heterocycles. The average molecular weight is 246 g/mol. The van der Waals surface area contributed by atoms with Gasteiger partial charge in [0.25, 0.3) is 0 Å². The van der Waals surface area contributed by atoms with Gasteiger partial charge >= 0.3 is 0 Å². The molecule has 2 heterocycles. The van der Waals surface area contributed by atoms with Crippen molar-refractivity contribution < 1.29 is 9.47 Å². The highest BCUT2D eigenvalue weighted by Gasteiger charge is 2.18. The Morgan fingerprint density at radius 2 is 2.28 bits per heavy atom. The number of fused-ring (bicyclic) bond motifs is 1. The topological polar surface area (TPSA) is 46.3 Å². The summed E-state index contributed by atoms with van der Waals surface area (Å²) in [4.78, 5) is 3.24. The highest BCUT2D eigenvalue weighted by Crippen LogP contribution is 2.31. The minimum Gasteiger partial charge on any atom is -0.495 e. The highest BCUT2D eigenvalue weighted by molar-refractivity contribution is 5.88. The summed E-state index contributed by atoms with van der Waals surface area (Å²) in [6.45, 7) is 2.57. The molecule has 0 saturated carbocycles. The van der Waals surface area contributed by atoms with Crippen LogP contribution in [0, 0.1) is 0 Å². The molecule has 1 aliphatic heterocycles. The van der Waals surface area contributed by atoms with Crippen LogP contribution in [0.2, 0.25) is 0 Å². The number of H-pyrrole nitrogens is 1. The van der Waals surface area contributed by atoms with Crippen LogP contribution in [0.3, 0.4) is 0 Å². The van der Waals surface area contributed by atoms with Crippen LogP contribution in [0.5, 0.6) is 5.75 Å². The van der Waals surface area contributed by atoms with Crippen molar-refractivity contribution in [3.8, 4) is 5.75 Å². The molecule has 4 heteroatoms. The Labute approximate surface area is 106 Å². The second-order valence-electron chi connectivity index (χ2n) is 4.56. The summed E-state index contributed by atoms with van der Waals surface area (Å²) in [5, 5.41) is 4.74. The van der Waals surface area contributed by atoms with Crippen molar-refractivity contribution in [2.24, 2.45) is 0 Å². The van der Waals surface area contributed by atoms with Gasteiger partial charge in [0, 0.05) is 18.2 Å². The van der Waals surface area contributed by atoms with Crippen LogP contribution in [-0.4, -0.2) is 31.9 Å². The van der Waals surface area contributed by atoms with Crippen LogP contribution in [0.15, 0.2) is 24.4 Å². The van der Waals surface area contributed by atoms with Crippen molar-refractivity contribution in [3.05, 3.63) is 30.0 Å². The quantitative estimate of drug-likeness (QED) is 0.854. The third kappa shape index (κ3) is 1.98. The summed E-state index contributed by atoms with van der Waals surface area (Å²) < 4.78 is 11.0. The van der Waals surface area contributed by atoms with Gasteiger partial charge in [0.15, 0.2) is 0 Å². The van der Waals surface area contributed by atoms with Gasteiger partial charge in [0.1, 0.15) is 5.75 Å². The number of hydrogen-bond donors (Lipinski definition) is 2. The third-order valence-electron chi connectivity index (χ3n) is 3.45. The van der Waals surface area contributed by atoms with Crippen LogP contribution in [0.25, 0.3) is 10.9 Å². The van der Waals surface area contributed by atoms with Crippen molar-refractivity contribution in [2.45, 2.75) is 12.5 Å². The molecular weight excluding hydrogens is 228 g/mol. The number of ether oxygens (including phenoxy) is 2. The largest absolute Gasteiger partial charge is 0.495 e. The Bertz CT molecular complexity index is 528. The average Bonchev–Trinajstić information content (AvgIpc) is 2.73. The fourth-order valence-electron chi connectivity index (χ4n) is 2.54. The molecule has 2 N–H and O–H groups in total. The van der Waals surface area contributed by atoms with Crippen molar-refractivity contribution in [3.63, 3.8) is 0 Å². The third-order valence-corrected chi connectivity index (χ3v) is 3.45. The smallest absolute Gasteiger partial charge is 0.142 e. The van der Waals surface area contributed by atoms with Crippen LogP contribution >= 0.6 is 0 Å². The summed E-state index contributed by atoms with van der Waals surface area (Å²) in [7, 11) is 1.70. The van der Waals surface area contributed by atoms with E-state index in [9.17, 15) is 0 Å². The molecule has 1 aliphatic rings. The van der Waals surface area contributed by atoms with Gasteiger partial charge in [0.2, 0.25) is 0 Å². The minimum absolute atomic E-state index is 0.261. The Kier molecular flexibility index (Phi) is 3.21. The Morgan fingerprint density at radius 1 is 1.33 bits per heavy atom. The summed E-state index contributed by atoms with van der Waals surface area (Å²) in [6, 6.07) is 6.50. The van der Waals surface area contributed by atoms with Gasteiger partial charge in [-0.05, 0) is 30.7 Å². The van der Waals surface area contributed by atoms with E-state index in [1.807, 2.05) is 12.3 Å². The van der Waals surface area contributed by atoms with Gasteiger partial charge in [-0.25, -0.2) is 0 Å². The second kappa shape index (κ2) is 5.00. The van der Waals surface area contributed by atoms with E-state index in [2.05, 4.69) is 22.4 Å². The summed E-state index contributed by atoms with van der Waals surface area (Å²) in [5.74, 6) is 0.883. The maximum Gasteiger partial charge on any atom is 0.142 e. The molecule has 1 aromatic heterocycles. The molecule has 4 nitrogen and oxygen atoms in total. The first-order valence-corrected chi connectivity index (χ1v) is 6.35. The monoisotopic (exact) mass is 246 g/mol. The molecule has 1 atom stereocenters. The number of benzene rings is 1. The van der Waals surface area contributed by atoms with Gasteiger partial charge < -0.3 is 19.8 Å². The van der Waals surface area contributed by atoms with Gasteiger partial charge in [-0.2, -0.15) is 0 Å². The van der Waals surface area contributed by atoms with E-state index in [0.717, 1.165) is 37.4 Å². The van der Waals surface area contributed by atoms with Crippen LogP contribution < -0.4 is 10.1 Å². The molecule has 0 radical (unpaired) electrons. The molecular formula is C14H18N2O2. The number of nitrogens with one attached hydrogen (secondary N) is 2. The van der Waals surface area contributed by atoms with Crippen molar-refractivity contribution >= 4 is 10.9 Å². The zero-order chi connectivity index (χ0) is 12.4. The van der Waals surface area contributed by atoms with E-state index < -0.39 is 0 Å². The molecule has 18 heavy (non-hydrogen) atoms. The molecule has 1 fully saturated rings. The van der Waals surface area contributed by atoms with Crippen molar-refractivity contribution in [1.82, 2.24) is 10.3 Å². The van der Waals surface area contributed by atoms with Crippen LogP contribution in [0.4, 0.5) is 0 Å². The first-order chi connectivity index (χ1) is 8.90. The minimum atomic E-state index is 0.261. The molecule has 1 unspecified atom stereocenters. The molecule has 0 aliphatic carbocycles. The number of aromatic amines is 1. The fraction of sp³-hybridized carbons (Fsp3) is 0.429. The van der Waals surface area contributed by atoms with E-state index in [4.69, 9.17) is 9.47 Å². The summed E-state index contributed by atoms with van der Waals surface area (Å²) >= 11 is 0. The maximum absolute atomic E-state index is 5.64.